The zero-order valence-electron chi connectivity index (χ0n) is 14.7. The van der Waals surface area contributed by atoms with Gasteiger partial charge in [-0.1, -0.05) is 0 Å². The van der Waals surface area contributed by atoms with E-state index in [0.29, 0.717) is 31.3 Å². The maximum absolute atomic E-state index is 12.0. The minimum atomic E-state index is -0.618. The summed E-state index contributed by atoms with van der Waals surface area (Å²) in [5, 5.41) is 0. The number of methoxy groups -OCH3 is 1. The number of primary amides is 1. The molecule has 0 saturated carbocycles. The lowest BCUT2D eigenvalue weighted by atomic mass is 10.0. The summed E-state index contributed by atoms with van der Waals surface area (Å²) in [5.41, 5.74) is 6.36. The molecule has 1 aliphatic heterocycles. The molecule has 0 spiro atoms. The second-order valence-electron chi connectivity index (χ2n) is 5.50. The number of nitrogens with zero attached hydrogens (tertiary/aromatic N) is 1. The van der Waals surface area contributed by atoms with Crippen LogP contribution in [-0.2, 0) is 14.3 Å². The van der Waals surface area contributed by atoms with Crippen molar-refractivity contribution >= 4 is 11.6 Å². The molecule has 2 rings (SSSR count). The van der Waals surface area contributed by atoms with Crippen LogP contribution in [0.2, 0.25) is 0 Å². The zero-order valence-corrected chi connectivity index (χ0v) is 14.7. The molecule has 7 nitrogen and oxygen atoms in total. The number of fused-ring (bicyclic) bond motifs is 1. The van der Waals surface area contributed by atoms with Crippen molar-refractivity contribution in [3.63, 3.8) is 0 Å². The summed E-state index contributed by atoms with van der Waals surface area (Å²) in [7, 11) is 1.59. The first-order chi connectivity index (χ1) is 11.5. The van der Waals surface area contributed by atoms with E-state index in [1.807, 2.05) is 43.9 Å². The van der Waals surface area contributed by atoms with E-state index in [-0.39, 0.29) is 6.10 Å². The van der Waals surface area contributed by atoms with Crippen LogP contribution in [0.15, 0.2) is 18.2 Å². The average Bonchev–Trinajstić information content (AvgIpc) is 2.54. The Bertz CT molecular complexity index is 560. The quantitative estimate of drug-likeness (QED) is 0.724. The molecule has 1 aromatic rings. The van der Waals surface area contributed by atoms with Crippen LogP contribution in [0.3, 0.4) is 0 Å². The topological polar surface area (TPSA) is 83.3 Å². The van der Waals surface area contributed by atoms with Crippen molar-refractivity contribution in [1.29, 1.82) is 0 Å². The smallest absolute Gasteiger partial charge is 0.243 e. The standard InChI is InChI=1S/C17H26N2O5/c1-5-22-15(23-6-2)10-19-13-9-12(21-4)7-8-14(13)24-11(3)16(19)17(18)20/h7-9,11,15-16H,5-6,10H2,1-4H3,(H2,18,20). The first-order valence-corrected chi connectivity index (χ1v) is 8.15. The molecule has 0 radical (unpaired) electrons. The van der Waals surface area contributed by atoms with Gasteiger partial charge in [0.15, 0.2) is 6.29 Å². The number of carbonyl (C=O) groups is 1. The summed E-state index contributed by atoms with van der Waals surface area (Å²) >= 11 is 0. The van der Waals surface area contributed by atoms with E-state index in [2.05, 4.69) is 0 Å². The third-order valence-corrected chi connectivity index (χ3v) is 3.91. The van der Waals surface area contributed by atoms with Crippen LogP contribution >= 0.6 is 0 Å². The van der Waals surface area contributed by atoms with Gasteiger partial charge in [-0.25, -0.2) is 0 Å². The number of hydrogen-bond donors (Lipinski definition) is 1. The van der Waals surface area contributed by atoms with E-state index in [1.165, 1.54) is 0 Å². The Morgan fingerprint density at radius 3 is 2.54 bits per heavy atom. The van der Waals surface area contributed by atoms with E-state index >= 15 is 0 Å². The molecule has 134 valence electrons. The number of rotatable bonds is 8. The lowest BCUT2D eigenvalue weighted by molar-refractivity contribution is -0.133. The van der Waals surface area contributed by atoms with Crippen molar-refractivity contribution in [3.05, 3.63) is 18.2 Å². The monoisotopic (exact) mass is 338 g/mol. The van der Waals surface area contributed by atoms with Crippen molar-refractivity contribution in [1.82, 2.24) is 0 Å². The van der Waals surface area contributed by atoms with Gasteiger partial charge in [0.1, 0.15) is 23.6 Å². The fourth-order valence-corrected chi connectivity index (χ4v) is 2.90. The Labute approximate surface area is 142 Å². The van der Waals surface area contributed by atoms with Crippen molar-refractivity contribution in [2.75, 3.05) is 31.8 Å². The molecule has 0 saturated heterocycles. The minimum Gasteiger partial charge on any atom is -0.497 e. The number of benzene rings is 1. The molecule has 2 atom stereocenters. The number of carbonyl (C=O) groups excluding carboxylic acids is 1. The highest BCUT2D eigenvalue weighted by Gasteiger charge is 2.38. The molecule has 1 amide bonds. The summed E-state index contributed by atoms with van der Waals surface area (Å²) in [6, 6.07) is 4.85. The van der Waals surface area contributed by atoms with Crippen molar-refractivity contribution in [2.45, 2.75) is 39.2 Å². The van der Waals surface area contributed by atoms with Crippen molar-refractivity contribution in [2.24, 2.45) is 5.73 Å². The number of ether oxygens (including phenoxy) is 4. The molecular formula is C17H26N2O5. The van der Waals surface area contributed by atoms with Gasteiger partial charge in [-0.3, -0.25) is 4.79 Å². The molecule has 1 heterocycles. The molecule has 0 bridgehead atoms. The molecule has 0 aromatic heterocycles. The predicted molar refractivity (Wildman–Crippen MR) is 90.5 cm³/mol. The Morgan fingerprint density at radius 2 is 2.00 bits per heavy atom. The van der Waals surface area contributed by atoms with Gasteiger partial charge in [0.25, 0.3) is 0 Å². The second-order valence-corrected chi connectivity index (χ2v) is 5.50. The van der Waals surface area contributed by atoms with E-state index in [9.17, 15) is 4.79 Å². The largest absolute Gasteiger partial charge is 0.497 e. The third kappa shape index (κ3) is 3.91. The Balaban J connectivity index is 2.39. The average molecular weight is 338 g/mol. The van der Waals surface area contributed by atoms with Crippen molar-refractivity contribution in [3.8, 4) is 11.5 Å². The van der Waals surface area contributed by atoms with Gasteiger partial charge in [-0.2, -0.15) is 0 Å². The Kier molecular flexibility index (Phi) is 6.28. The molecule has 0 fully saturated rings. The lowest BCUT2D eigenvalue weighted by Gasteiger charge is -2.42. The van der Waals surface area contributed by atoms with Crippen LogP contribution in [-0.4, -0.2) is 51.2 Å². The number of anilines is 1. The molecule has 24 heavy (non-hydrogen) atoms. The molecule has 7 heteroatoms. The number of nitrogens with two attached hydrogens (primary N) is 1. The Morgan fingerprint density at radius 1 is 1.33 bits per heavy atom. The fourth-order valence-electron chi connectivity index (χ4n) is 2.90. The van der Waals surface area contributed by atoms with Crippen LogP contribution in [0.1, 0.15) is 20.8 Å². The van der Waals surface area contributed by atoms with E-state index in [1.54, 1.807) is 7.11 Å². The SMILES string of the molecule is CCOC(CN1c2cc(OC)ccc2OC(C)C1C(N)=O)OCC. The lowest BCUT2D eigenvalue weighted by Crippen LogP contribution is -2.57. The van der Waals surface area contributed by atoms with E-state index in [0.717, 1.165) is 5.69 Å². The van der Waals surface area contributed by atoms with Crippen LogP contribution in [0, 0.1) is 0 Å². The maximum atomic E-state index is 12.0. The van der Waals surface area contributed by atoms with E-state index in [4.69, 9.17) is 24.7 Å². The second kappa shape index (κ2) is 8.21. The first kappa shape index (κ1) is 18.4. The van der Waals surface area contributed by atoms with Gasteiger partial charge in [-0.05, 0) is 32.9 Å². The fraction of sp³-hybridized carbons (Fsp3) is 0.588. The summed E-state index contributed by atoms with van der Waals surface area (Å²) in [4.78, 5) is 13.9. The highest BCUT2D eigenvalue weighted by Crippen LogP contribution is 2.39. The van der Waals surface area contributed by atoms with Gasteiger partial charge in [-0.15, -0.1) is 0 Å². The normalized spacial score (nSPS) is 19.8. The molecule has 1 aliphatic rings. The summed E-state index contributed by atoms with van der Waals surface area (Å²) in [6.07, 6.45) is -0.849. The van der Waals surface area contributed by atoms with Crippen LogP contribution in [0.4, 0.5) is 5.69 Å². The summed E-state index contributed by atoms with van der Waals surface area (Å²) in [5.74, 6) is 0.889. The van der Waals surface area contributed by atoms with E-state index < -0.39 is 18.2 Å². The number of hydrogen-bond acceptors (Lipinski definition) is 6. The summed E-state index contributed by atoms with van der Waals surface area (Å²) < 4.78 is 22.4. The third-order valence-electron chi connectivity index (χ3n) is 3.91. The van der Waals surface area contributed by atoms with Gasteiger partial charge >= 0.3 is 0 Å². The molecule has 2 unspecified atom stereocenters. The predicted octanol–water partition coefficient (Wildman–Crippen LogP) is 1.54. The molecule has 2 N–H and O–H groups in total. The van der Waals surface area contributed by atoms with Gasteiger partial charge in [0.05, 0.1) is 19.3 Å². The zero-order chi connectivity index (χ0) is 17.7. The van der Waals surface area contributed by atoms with Crippen molar-refractivity contribution < 1.29 is 23.7 Å². The van der Waals surface area contributed by atoms with Crippen LogP contribution < -0.4 is 20.1 Å². The van der Waals surface area contributed by atoms with Crippen LogP contribution in [0.5, 0.6) is 11.5 Å². The summed E-state index contributed by atoms with van der Waals surface area (Å²) in [6.45, 7) is 7.01. The van der Waals surface area contributed by atoms with Gasteiger partial charge < -0.3 is 29.6 Å². The molecule has 1 aromatic carbocycles. The first-order valence-electron chi connectivity index (χ1n) is 8.15. The van der Waals surface area contributed by atoms with Gasteiger partial charge in [0, 0.05) is 19.3 Å². The van der Waals surface area contributed by atoms with Crippen LogP contribution in [0.25, 0.3) is 0 Å². The highest BCUT2D eigenvalue weighted by atomic mass is 16.7. The van der Waals surface area contributed by atoms with Gasteiger partial charge in [0.2, 0.25) is 5.91 Å². The molecular weight excluding hydrogens is 312 g/mol. The Hall–Kier alpha value is -1.99. The highest BCUT2D eigenvalue weighted by molar-refractivity contribution is 5.86. The number of amides is 1. The minimum absolute atomic E-state index is 0.364. The maximum Gasteiger partial charge on any atom is 0.243 e. The molecule has 0 aliphatic carbocycles.